The number of benzene rings is 1. The van der Waals surface area contributed by atoms with Gasteiger partial charge < -0.3 is 16.0 Å². The molecule has 17 heavy (non-hydrogen) atoms. The molecule has 0 aliphatic carbocycles. The number of anilines is 1. The van der Waals surface area contributed by atoms with Gasteiger partial charge in [-0.3, -0.25) is 4.79 Å². The van der Waals surface area contributed by atoms with Crippen molar-refractivity contribution in [1.29, 1.82) is 0 Å². The van der Waals surface area contributed by atoms with E-state index in [9.17, 15) is 4.79 Å². The van der Waals surface area contributed by atoms with Crippen LogP contribution in [0.1, 0.15) is 16.8 Å². The monoisotopic (exact) mass is 297 g/mol. The number of hydrogen-bond acceptors (Lipinski definition) is 3. The molecule has 4 nitrogen and oxygen atoms in total. The highest BCUT2D eigenvalue weighted by atomic mass is 79.9. The molecular formula is C12H16BrN3O. The van der Waals surface area contributed by atoms with Crippen molar-refractivity contribution in [3.8, 4) is 0 Å². The van der Waals surface area contributed by atoms with Gasteiger partial charge in [-0.2, -0.15) is 0 Å². The molecule has 1 unspecified atom stereocenters. The maximum absolute atomic E-state index is 11.4. The van der Waals surface area contributed by atoms with E-state index >= 15 is 0 Å². The predicted molar refractivity (Wildman–Crippen MR) is 72.3 cm³/mol. The molecule has 1 saturated heterocycles. The summed E-state index contributed by atoms with van der Waals surface area (Å²) in [6.45, 7) is 1.86. The van der Waals surface area contributed by atoms with E-state index in [1.54, 1.807) is 6.07 Å². The first kappa shape index (κ1) is 12.4. The Bertz CT molecular complexity index is 436. The van der Waals surface area contributed by atoms with E-state index in [-0.39, 0.29) is 5.91 Å². The molecular weight excluding hydrogens is 282 g/mol. The average molecular weight is 298 g/mol. The van der Waals surface area contributed by atoms with Crippen LogP contribution in [0.5, 0.6) is 0 Å². The fraction of sp³-hybridized carbons (Fsp3) is 0.417. The van der Waals surface area contributed by atoms with Crippen molar-refractivity contribution in [2.45, 2.75) is 12.5 Å². The Hall–Kier alpha value is -1.07. The third-order valence-corrected chi connectivity index (χ3v) is 3.66. The van der Waals surface area contributed by atoms with E-state index in [4.69, 9.17) is 5.73 Å². The molecule has 1 amide bonds. The van der Waals surface area contributed by atoms with E-state index in [1.807, 2.05) is 19.2 Å². The van der Waals surface area contributed by atoms with E-state index in [2.05, 4.69) is 26.1 Å². The van der Waals surface area contributed by atoms with Gasteiger partial charge in [0.15, 0.2) is 0 Å². The Labute approximate surface area is 109 Å². The average Bonchev–Trinajstić information content (AvgIpc) is 2.76. The highest BCUT2D eigenvalue weighted by molar-refractivity contribution is 9.10. The molecule has 92 valence electrons. The van der Waals surface area contributed by atoms with Crippen LogP contribution in [0.2, 0.25) is 0 Å². The van der Waals surface area contributed by atoms with Crippen molar-refractivity contribution in [3.63, 3.8) is 0 Å². The second-order valence-corrected chi connectivity index (χ2v) is 5.16. The number of nitrogens with one attached hydrogen (secondary N) is 1. The van der Waals surface area contributed by atoms with Crippen molar-refractivity contribution in [2.75, 3.05) is 25.0 Å². The summed E-state index contributed by atoms with van der Waals surface area (Å²) in [5.41, 5.74) is 6.91. The fourth-order valence-corrected chi connectivity index (χ4v) is 2.54. The van der Waals surface area contributed by atoms with Crippen LogP contribution in [0.15, 0.2) is 22.7 Å². The normalized spacial score (nSPS) is 19.6. The highest BCUT2D eigenvalue weighted by Crippen LogP contribution is 2.27. The molecule has 1 aromatic rings. The van der Waals surface area contributed by atoms with Gasteiger partial charge >= 0.3 is 0 Å². The molecule has 1 heterocycles. The zero-order valence-electron chi connectivity index (χ0n) is 9.74. The van der Waals surface area contributed by atoms with Crippen LogP contribution in [0, 0.1) is 0 Å². The molecule has 1 aromatic carbocycles. The molecule has 1 aliphatic heterocycles. The van der Waals surface area contributed by atoms with Crippen molar-refractivity contribution < 1.29 is 4.79 Å². The highest BCUT2D eigenvalue weighted by Gasteiger charge is 2.24. The first-order valence-electron chi connectivity index (χ1n) is 5.63. The number of primary amides is 1. The zero-order valence-corrected chi connectivity index (χ0v) is 11.3. The minimum absolute atomic E-state index is 0.375. The lowest BCUT2D eigenvalue weighted by molar-refractivity contribution is 0.100. The van der Waals surface area contributed by atoms with E-state index < -0.39 is 0 Å². The van der Waals surface area contributed by atoms with Gasteiger partial charge in [0.25, 0.3) is 5.91 Å². The third kappa shape index (κ3) is 2.61. The maximum atomic E-state index is 11.4. The largest absolute Gasteiger partial charge is 0.369 e. The summed E-state index contributed by atoms with van der Waals surface area (Å²) < 4.78 is 0.963. The number of nitrogens with two attached hydrogens (primary N) is 1. The molecule has 0 radical (unpaired) electrons. The smallest absolute Gasteiger partial charge is 0.250 e. The van der Waals surface area contributed by atoms with Crippen LogP contribution in [-0.4, -0.2) is 32.1 Å². The molecule has 1 atom stereocenters. The second kappa shape index (κ2) is 5.06. The van der Waals surface area contributed by atoms with Crippen molar-refractivity contribution in [3.05, 3.63) is 28.2 Å². The minimum atomic E-state index is -0.375. The lowest BCUT2D eigenvalue weighted by Crippen LogP contribution is -2.30. The molecule has 3 N–H and O–H groups in total. The number of likely N-dealkylation sites (N-methyl/N-ethyl adjacent to an activating group) is 1. The number of amides is 1. The number of nitrogens with zero attached hydrogens (tertiary/aromatic N) is 1. The van der Waals surface area contributed by atoms with E-state index in [0.717, 1.165) is 29.7 Å². The van der Waals surface area contributed by atoms with Crippen LogP contribution < -0.4 is 16.0 Å². The summed E-state index contributed by atoms with van der Waals surface area (Å²) in [6.07, 6.45) is 1.08. The molecule has 1 fully saturated rings. The lowest BCUT2D eigenvalue weighted by atomic mass is 10.1. The number of carbonyl (C=O) groups is 1. The molecule has 0 spiro atoms. The Morgan fingerprint density at radius 2 is 2.35 bits per heavy atom. The summed E-state index contributed by atoms with van der Waals surface area (Å²) in [7, 11) is 1.96. The van der Waals surface area contributed by atoms with Crippen LogP contribution >= 0.6 is 15.9 Å². The second-order valence-electron chi connectivity index (χ2n) is 4.25. The van der Waals surface area contributed by atoms with E-state index in [0.29, 0.717) is 11.6 Å². The maximum Gasteiger partial charge on any atom is 0.250 e. The molecule has 2 rings (SSSR count). The number of carbonyl (C=O) groups excluding carboxylic acids is 1. The van der Waals surface area contributed by atoms with Gasteiger partial charge in [-0.1, -0.05) is 15.9 Å². The summed E-state index contributed by atoms with van der Waals surface area (Å²) in [6, 6.07) is 6.05. The fourth-order valence-electron chi connectivity index (χ4n) is 2.19. The van der Waals surface area contributed by atoms with Crippen LogP contribution in [0.3, 0.4) is 0 Å². The molecule has 0 bridgehead atoms. The third-order valence-electron chi connectivity index (χ3n) is 3.16. The quantitative estimate of drug-likeness (QED) is 0.885. The SMILES string of the molecule is CNC1CCN(c2cc(Br)ccc2C(N)=O)C1. The first-order valence-corrected chi connectivity index (χ1v) is 6.42. The summed E-state index contributed by atoms with van der Waals surface area (Å²) in [4.78, 5) is 13.6. The van der Waals surface area contributed by atoms with Crippen molar-refractivity contribution >= 4 is 27.5 Å². The number of rotatable bonds is 3. The number of halogens is 1. The molecule has 0 aromatic heterocycles. The lowest BCUT2D eigenvalue weighted by Gasteiger charge is -2.21. The summed E-state index contributed by atoms with van der Waals surface area (Å²) in [5.74, 6) is -0.375. The Kier molecular flexibility index (Phi) is 3.69. The predicted octanol–water partition coefficient (Wildman–Crippen LogP) is 1.35. The van der Waals surface area contributed by atoms with Crippen LogP contribution in [-0.2, 0) is 0 Å². The first-order chi connectivity index (χ1) is 8.11. The van der Waals surface area contributed by atoms with Crippen molar-refractivity contribution in [2.24, 2.45) is 5.73 Å². The van der Waals surface area contributed by atoms with Crippen LogP contribution in [0.25, 0.3) is 0 Å². The van der Waals surface area contributed by atoms with Crippen molar-refractivity contribution in [1.82, 2.24) is 5.32 Å². The van der Waals surface area contributed by atoms with E-state index in [1.165, 1.54) is 0 Å². The molecule has 1 aliphatic rings. The van der Waals surface area contributed by atoms with Gasteiger partial charge in [-0.15, -0.1) is 0 Å². The van der Waals surface area contributed by atoms with Gasteiger partial charge in [0.1, 0.15) is 0 Å². The zero-order chi connectivity index (χ0) is 12.4. The summed E-state index contributed by atoms with van der Waals surface area (Å²) in [5, 5.41) is 3.26. The minimum Gasteiger partial charge on any atom is -0.369 e. The molecule has 0 saturated carbocycles. The standard InChI is InChI=1S/C12H16BrN3O/c1-15-9-4-5-16(7-9)11-6-8(13)2-3-10(11)12(14)17/h2-3,6,9,15H,4-5,7H2,1H3,(H2,14,17). The Morgan fingerprint density at radius 1 is 1.59 bits per heavy atom. The van der Waals surface area contributed by atoms with Gasteiger partial charge in [0, 0.05) is 23.6 Å². The Balaban J connectivity index is 2.31. The number of hydrogen-bond donors (Lipinski definition) is 2. The van der Waals surface area contributed by atoms with Gasteiger partial charge in [0.05, 0.1) is 11.3 Å². The van der Waals surface area contributed by atoms with Gasteiger partial charge in [0.2, 0.25) is 0 Å². The Morgan fingerprint density at radius 3 is 2.94 bits per heavy atom. The van der Waals surface area contributed by atoms with Crippen LogP contribution in [0.4, 0.5) is 5.69 Å². The van der Waals surface area contributed by atoms with Gasteiger partial charge in [-0.05, 0) is 31.7 Å². The summed E-state index contributed by atoms with van der Waals surface area (Å²) >= 11 is 3.43. The molecule has 5 heteroatoms. The topological polar surface area (TPSA) is 58.4 Å². The van der Waals surface area contributed by atoms with Gasteiger partial charge in [-0.25, -0.2) is 0 Å².